The molecule has 1 aliphatic heterocycles. The number of primary amides is 1. The van der Waals surface area contributed by atoms with Crippen molar-refractivity contribution in [2.75, 3.05) is 18.0 Å². The lowest BCUT2D eigenvalue weighted by Gasteiger charge is -2.45. The predicted octanol–water partition coefficient (Wildman–Crippen LogP) is 0.251. The number of amides is 2. The summed E-state index contributed by atoms with van der Waals surface area (Å²) in [6, 6.07) is 6.54. The maximum Gasteiger partial charge on any atom is 0.408 e. The largest absolute Gasteiger partial charge is 0.444 e. The van der Waals surface area contributed by atoms with Crippen molar-refractivity contribution in [1.29, 1.82) is 0 Å². The maximum atomic E-state index is 13.0. The highest BCUT2D eigenvalue weighted by atomic mass is 32.2. The molecule has 0 bridgehead atoms. The Hall–Kier alpha value is -3.02. The van der Waals surface area contributed by atoms with Gasteiger partial charge in [-0.2, -0.15) is 0 Å². The first-order valence-corrected chi connectivity index (χ1v) is 11.1. The smallest absolute Gasteiger partial charge is 0.408 e. The van der Waals surface area contributed by atoms with Gasteiger partial charge in [0.05, 0.1) is 5.54 Å². The number of alkyl carbamates (subject to hydrolysis) is 1. The molecule has 11 nitrogen and oxygen atoms in total. The lowest BCUT2D eigenvalue weighted by Crippen LogP contribution is -2.65. The Labute approximate surface area is 182 Å². The van der Waals surface area contributed by atoms with Gasteiger partial charge in [0.1, 0.15) is 10.9 Å². The van der Waals surface area contributed by atoms with Crippen LogP contribution >= 0.6 is 0 Å². The summed E-state index contributed by atoms with van der Waals surface area (Å²) in [4.78, 5) is 25.7. The number of carbonyl (C=O) groups excluding carboxylic acids is 2. The van der Waals surface area contributed by atoms with Crippen LogP contribution in [0.3, 0.4) is 0 Å². The Morgan fingerprint density at radius 2 is 1.90 bits per heavy atom. The molecule has 1 aromatic rings. The van der Waals surface area contributed by atoms with Gasteiger partial charge in [0, 0.05) is 24.3 Å². The Kier molecular flexibility index (Phi) is 6.74. The van der Waals surface area contributed by atoms with Gasteiger partial charge in [0.25, 0.3) is 10.0 Å². The van der Waals surface area contributed by atoms with E-state index in [-0.39, 0.29) is 13.0 Å². The van der Waals surface area contributed by atoms with E-state index in [1.54, 1.807) is 56.9 Å². The normalized spacial score (nSPS) is 21.8. The molecule has 1 aliphatic rings. The minimum Gasteiger partial charge on any atom is -0.444 e. The average molecular weight is 455 g/mol. The van der Waals surface area contributed by atoms with Crippen molar-refractivity contribution in [3.63, 3.8) is 0 Å². The summed E-state index contributed by atoms with van der Waals surface area (Å²) in [6.45, 7) is 7.08. The second-order valence-corrected chi connectivity index (χ2v) is 10.5. The summed E-state index contributed by atoms with van der Waals surface area (Å²) in [5.74, 6) is -1.20. The van der Waals surface area contributed by atoms with Crippen LogP contribution in [0.15, 0.2) is 28.7 Å². The highest BCUT2D eigenvalue weighted by Gasteiger charge is 2.48. The van der Waals surface area contributed by atoms with Gasteiger partial charge in [-0.15, -0.1) is 4.40 Å². The number of nitrogens with one attached hydrogen (secondary N) is 1. The quantitative estimate of drug-likeness (QED) is 0.360. The van der Waals surface area contributed by atoms with Gasteiger partial charge in [0.2, 0.25) is 11.9 Å². The van der Waals surface area contributed by atoms with Crippen LogP contribution in [0.2, 0.25) is 0 Å². The molecule has 1 fully saturated rings. The molecule has 0 saturated carbocycles. The molecule has 1 aromatic carbocycles. The molecule has 31 heavy (non-hydrogen) atoms. The molecule has 2 atom stereocenters. The zero-order chi connectivity index (χ0) is 23.6. The topological polar surface area (TPSA) is 183 Å². The number of hydrogen-bond donors (Lipinski definition) is 4. The fraction of sp³-hybridized carbons (Fsp3) is 0.526. The van der Waals surface area contributed by atoms with Crippen LogP contribution in [0.1, 0.15) is 44.5 Å². The van der Waals surface area contributed by atoms with E-state index < -0.39 is 44.4 Å². The van der Waals surface area contributed by atoms with Crippen LogP contribution in [0.5, 0.6) is 0 Å². The van der Waals surface area contributed by atoms with E-state index in [4.69, 9.17) is 21.9 Å². The number of ether oxygens (including phenoxy) is 1. The van der Waals surface area contributed by atoms with Crippen LogP contribution in [0.4, 0.5) is 10.5 Å². The first kappa shape index (κ1) is 24.3. The number of hydrogen-bond acceptors (Lipinski definition) is 6. The number of nitrogens with two attached hydrogens (primary N) is 3. The molecule has 0 aromatic heterocycles. The Morgan fingerprint density at radius 1 is 1.26 bits per heavy atom. The molecule has 1 heterocycles. The predicted molar refractivity (Wildman–Crippen MR) is 118 cm³/mol. The van der Waals surface area contributed by atoms with Gasteiger partial charge in [0.15, 0.2) is 0 Å². The lowest BCUT2D eigenvalue weighted by atomic mass is 9.88. The maximum absolute atomic E-state index is 13.0. The number of rotatable bonds is 5. The van der Waals surface area contributed by atoms with Gasteiger partial charge < -0.3 is 32.2 Å². The van der Waals surface area contributed by atoms with E-state index in [2.05, 4.69) is 9.71 Å². The van der Waals surface area contributed by atoms with Gasteiger partial charge in [-0.1, -0.05) is 6.07 Å². The fourth-order valence-electron chi connectivity index (χ4n) is 3.42. The third kappa shape index (κ3) is 6.23. The minimum atomic E-state index is -4.21. The second-order valence-electron chi connectivity index (χ2n) is 8.67. The molecule has 12 heteroatoms. The number of guanidine groups is 1. The summed E-state index contributed by atoms with van der Waals surface area (Å²) in [5, 5.41) is 1.50. The molecule has 2 amide bonds. The second kappa shape index (κ2) is 8.61. The molecular formula is C19H30N6O5S. The van der Waals surface area contributed by atoms with Gasteiger partial charge in [-0.3, -0.25) is 4.79 Å². The van der Waals surface area contributed by atoms with Crippen LogP contribution in [-0.4, -0.2) is 55.9 Å². The third-order valence-electron chi connectivity index (χ3n) is 4.87. The van der Waals surface area contributed by atoms with Crippen LogP contribution in [-0.2, 0) is 14.8 Å². The molecule has 0 spiro atoms. The lowest BCUT2D eigenvalue weighted by molar-refractivity contribution is 0.0450. The third-order valence-corrected chi connectivity index (χ3v) is 6.73. The number of piperidine rings is 1. The average Bonchev–Trinajstić information content (AvgIpc) is 2.58. The summed E-state index contributed by atoms with van der Waals surface area (Å²) < 4.78 is 34.7. The SMILES string of the molecule is CC(C)(C)OC(=O)NC1(C)CCN(c2cccc(C(N)=O)c2)CC1S(=O)(=O)N=C(N)N. The van der Waals surface area contributed by atoms with E-state index in [0.717, 1.165) is 0 Å². The number of carbonyl (C=O) groups is 2. The van der Waals surface area contributed by atoms with E-state index in [1.165, 1.54) is 0 Å². The first-order chi connectivity index (χ1) is 14.1. The van der Waals surface area contributed by atoms with E-state index in [9.17, 15) is 18.0 Å². The van der Waals surface area contributed by atoms with Crippen molar-refractivity contribution in [3.05, 3.63) is 29.8 Å². The van der Waals surface area contributed by atoms with Gasteiger partial charge in [-0.25, -0.2) is 13.2 Å². The van der Waals surface area contributed by atoms with E-state index in [1.807, 2.05) is 0 Å². The molecule has 172 valence electrons. The standard InChI is InChI=1S/C19H30N6O5S/c1-18(2,3)30-17(27)23-19(4)8-9-25(11-14(19)31(28,29)24-16(21)22)13-7-5-6-12(10-13)15(20)26/h5-7,10,14H,8-9,11H2,1-4H3,(H2,20,26)(H,23,27)(H4,21,22,24). The molecule has 1 saturated heterocycles. The van der Waals surface area contributed by atoms with E-state index >= 15 is 0 Å². The highest BCUT2D eigenvalue weighted by molar-refractivity contribution is 7.91. The van der Waals surface area contributed by atoms with Gasteiger partial charge >= 0.3 is 6.09 Å². The Morgan fingerprint density at radius 3 is 2.45 bits per heavy atom. The monoisotopic (exact) mass is 454 g/mol. The number of sulfonamides is 1. The van der Waals surface area contributed by atoms with Crippen molar-refractivity contribution >= 4 is 33.7 Å². The van der Waals surface area contributed by atoms with E-state index in [0.29, 0.717) is 17.8 Å². The van der Waals surface area contributed by atoms with Crippen molar-refractivity contribution in [2.45, 2.75) is 50.5 Å². The molecule has 7 N–H and O–H groups in total. The Balaban J connectivity index is 2.41. The summed E-state index contributed by atoms with van der Waals surface area (Å²) in [7, 11) is -4.21. The molecule has 2 rings (SSSR count). The molecule has 0 aliphatic carbocycles. The van der Waals surface area contributed by atoms with Gasteiger partial charge in [-0.05, 0) is 52.3 Å². The van der Waals surface area contributed by atoms with Crippen molar-refractivity contribution in [2.24, 2.45) is 21.6 Å². The zero-order valence-corrected chi connectivity index (χ0v) is 18.9. The summed E-state index contributed by atoms with van der Waals surface area (Å²) in [5.41, 5.74) is 14.9. The number of benzene rings is 1. The number of nitrogens with zero attached hydrogens (tertiary/aromatic N) is 2. The molecule has 2 unspecified atom stereocenters. The molecule has 0 radical (unpaired) electrons. The first-order valence-electron chi connectivity index (χ1n) is 9.64. The van der Waals surface area contributed by atoms with Crippen molar-refractivity contribution < 1.29 is 22.7 Å². The van der Waals surface area contributed by atoms with Crippen LogP contribution in [0, 0.1) is 0 Å². The number of anilines is 1. The highest BCUT2D eigenvalue weighted by Crippen LogP contribution is 2.32. The minimum absolute atomic E-state index is 0.0341. The summed E-state index contributed by atoms with van der Waals surface area (Å²) in [6.07, 6.45) is -0.499. The van der Waals surface area contributed by atoms with Crippen molar-refractivity contribution in [1.82, 2.24) is 5.32 Å². The fourth-order valence-corrected chi connectivity index (χ4v) is 5.05. The van der Waals surface area contributed by atoms with Crippen LogP contribution < -0.4 is 27.4 Å². The molecular weight excluding hydrogens is 424 g/mol. The Bertz CT molecular complexity index is 984. The van der Waals surface area contributed by atoms with Crippen LogP contribution in [0.25, 0.3) is 0 Å². The van der Waals surface area contributed by atoms with Crippen molar-refractivity contribution in [3.8, 4) is 0 Å². The summed E-state index contributed by atoms with van der Waals surface area (Å²) >= 11 is 0. The zero-order valence-electron chi connectivity index (χ0n) is 18.1.